The molecular formula is C21H26FN3O5S. The normalized spacial score (nSPS) is 17.3. The molecular weight excluding hydrogens is 425 g/mol. The molecule has 0 saturated carbocycles. The molecule has 2 N–H and O–H groups in total. The fourth-order valence-electron chi connectivity index (χ4n) is 3.59. The number of carbonyl (C=O) groups excluding carboxylic acids is 2. The van der Waals surface area contributed by atoms with Crippen molar-refractivity contribution in [1.82, 2.24) is 14.9 Å². The second-order valence-electron chi connectivity index (χ2n) is 7.48. The average molecular weight is 452 g/mol. The molecule has 10 heteroatoms. The van der Waals surface area contributed by atoms with E-state index in [-0.39, 0.29) is 29.6 Å². The van der Waals surface area contributed by atoms with Crippen molar-refractivity contribution in [1.29, 1.82) is 0 Å². The van der Waals surface area contributed by atoms with Gasteiger partial charge in [-0.3, -0.25) is 9.59 Å². The van der Waals surface area contributed by atoms with Crippen LogP contribution in [-0.4, -0.2) is 43.7 Å². The van der Waals surface area contributed by atoms with Gasteiger partial charge in [0.05, 0.1) is 17.7 Å². The molecule has 0 bridgehead atoms. The molecule has 1 aromatic carbocycles. The van der Waals surface area contributed by atoms with Crippen molar-refractivity contribution < 1.29 is 26.8 Å². The zero-order chi connectivity index (χ0) is 22.4. The van der Waals surface area contributed by atoms with E-state index < -0.39 is 27.7 Å². The van der Waals surface area contributed by atoms with Gasteiger partial charge >= 0.3 is 11.8 Å². The summed E-state index contributed by atoms with van der Waals surface area (Å²) in [4.78, 5) is 23.9. The lowest BCUT2D eigenvalue weighted by Crippen LogP contribution is -2.46. The molecule has 168 valence electrons. The fraction of sp³-hybridized carbons (Fsp3) is 0.429. The van der Waals surface area contributed by atoms with Crippen molar-refractivity contribution in [2.45, 2.75) is 50.1 Å². The molecule has 0 aliphatic carbocycles. The molecule has 1 aliphatic rings. The number of aryl methyl sites for hydroxylation is 1. The van der Waals surface area contributed by atoms with E-state index in [1.807, 2.05) is 0 Å². The molecule has 2 heterocycles. The Morgan fingerprint density at radius 3 is 2.68 bits per heavy atom. The Kier molecular flexibility index (Phi) is 7.45. The van der Waals surface area contributed by atoms with E-state index in [4.69, 9.17) is 4.42 Å². The van der Waals surface area contributed by atoms with Gasteiger partial charge < -0.3 is 15.1 Å². The first-order valence-corrected chi connectivity index (χ1v) is 11.6. The van der Waals surface area contributed by atoms with Crippen LogP contribution in [0.3, 0.4) is 0 Å². The molecule has 0 radical (unpaired) electrons. The van der Waals surface area contributed by atoms with Gasteiger partial charge in [-0.2, -0.15) is 4.31 Å². The van der Waals surface area contributed by atoms with Crippen LogP contribution in [0.5, 0.6) is 0 Å². The maximum absolute atomic E-state index is 13.6. The van der Waals surface area contributed by atoms with Crippen LogP contribution in [0.25, 0.3) is 0 Å². The Morgan fingerprint density at radius 1 is 1.19 bits per heavy atom. The molecule has 0 spiro atoms. The summed E-state index contributed by atoms with van der Waals surface area (Å²) in [6.07, 6.45) is 4.10. The lowest BCUT2D eigenvalue weighted by molar-refractivity contribution is -0.139. The van der Waals surface area contributed by atoms with E-state index >= 15 is 0 Å². The topological polar surface area (TPSA) is 109 Å². The highest BCUT2D eigenvalue weighted by molar-refractivity contribution is 7.89. The Balaban J connectivity index is 1.56. The van der Waals surface area contributed by atoms with Gasteiger partial charge in [-0.25, -0.2) is 12.8 Å². The first kappa shape index (κ1) is 23.0. The van der Waals surface area contributed by atoms with E-state index in [9.17, 15) is 22.4 Å². The van der Waals surface area contributed by atoms with Crippen LogP contribution < -0.4 is 10.6 Å². The van der Waals surface area contributed by atoms with Gasteiger partial charge in [0, 0.05) is 19.1 Å². The number of amides is 2. The summed E-state index contributed by atoms with van der Waals surface area (Å²) in [6.45, 7) is 2.15. The SMILES string of the molecule is Cc1cc(S(=O)(=O)N2CCCC[C@@H]2CCNC(=O)C(=O)NCc2ccco2)ccc1F. The summed E-state index contributed by atoms with van der Waals surface area (Å²) in [5.41, 5.74) is 0.266. The van der Waals surface area contributed by atoms with Crippen molar-refractivity contribution in [3.8, 4) is 0 Å². The lowest BCUT2D eigenvalue weighted by atomic mass is 10.0. The van der Waals surface area contributed by atoms with Crippen LogP contribution in [0, 0.1) is 12.7 Å². The molecule has 1 aromatic heterocycles. The van der Waals surface area contributed by atoms with Gasteiger partial charge in [-0.15, -0.1) is 0 Å². The lowest BCUT2D eigenvalue weighted by Gasteiger charge is -2.34. The quantitative estimate of drug-likeness (QED) is 0.627. The highest BCUT2D eigenvalue weighted by Crippen LogP contribution is 2.27. The van der Waals surface area contributed by atoms with Gasteiger partial charge in [0.1, 0.15) is 11.6 Å². The number of sulfonamides is 1. The van der Waals surface area contributed by atoms with E-state index in [1.54, 1.807) is 12.1 Å². The Hall–Kier alpha value is -2.72. The Labute approximate surface area is 180 Å². The number of nitrogens with one attached hydrogen (secondary N) is 2. The summed E-state index contributed by atoms with van der Waals surface area (Å²) in [7, 11) is -3.79. The average Bonchev–Trinajstić information content (AvgIpc) is 3.27. The predicted octanol–water partition coefficient (Wildman–Crippen LogP) is 2.09. The van der Waals surface area contributed by atoms with E-state index in [2.05, 4.69) is 10.6 Å². The highest BCUT2D eigenvalue weighted by atomic mass is 32.2. The molecule has 2 amide bonds. The minimum atomic E-state index is -3.79. The van der Waals surface area contributed by atoms with E-state index in [0.29, 0.717) is 25.1 Å². The van der Waals surface area contributed by atoms with Gasteiger partial charge in [-0.05, 0) is 62.1 Å². The number of furan rings is 1. The number of rotatable bonds is 7. The Morgan fingerprint density at radius 2 is 1.97 bits per heavy atom. The molecule has 1 saturated heterocycles. The van der Waals surface area contributed by atoms with Crippen LogP contribution in [0.15, 0.2) is 45.9 Å². The van der Waals surface area contributed by atoms with Crippen LogP contribution in [0.2, 0.25) is 0 Å². The predicted molar refractivity (Wildman–Crippen MR) is 111 cm³/mol. The fourth-order valence-corrected chi connectivity index (χ4v) is 5.39. The molecule has 8 nitrogen and oxygen atoms in total. The second kappa shape index (κ2) is 10.1. The molecule has 1 aliphatic heterocycles. The summed E-state index contributed by atoms with van der Waals surface area (Å²) in [5, 5.41) is 4.99. The van der Waals surface area contributed by atoms with Crippen molar-refractivity contribution in [2.75, 3.05) is 13.1 Å². The molecule has 1 fully saturated rings. The number of halogens is 1. The largest absolute Gasteiger partial charge is 0.467 e. The number of hydrogen-bond donors (Lipinski definition) is 2. The first-order chi connectivity index (χ1) is 14.8. The number of piperidine rings is 1. The third-order valence-corrected chi connectivity index (χ3v) is 7.23. The first-order valence-electron chi connectivity index (χ1n) is 10.2. The summed E-state index contributed by atoms with van der Waals surface area (Å²) in [5.74, 6) is -1.50. The van der Waals surface area contributed by atoms with Gasteiger partial charge in [0.25, 0.3) is 0 Å². The van der Waals surface area contributed by atoms with Crippen LogP contribution >= 0.6 is 0 Å². The summed E-state index contributed by atoms with van der Waals surface area (Å²) in [6, 6.07) is 6.81. The zero-order valence-electron chi connectivity index (χ0n) is 17.3. The van der Waals surface area contributed by atoms with Crippen LogP contribution in [0.4, 0.5) is 4.39 Å². The van der Waals surface area contributed by atoms with E-state index in [1.165, 1.54) is 29.6 Å². The van der Waals surface area contributed by atoms with Gasteiger partial charge in [-0.1, -0.05) is 6.42 Å². The maximum atomic E-state index is 13.6. The van der Waals surface area contributed by atoms with Gasteiger partial charge in [0.2, 0.25) is 10.0 Å². The molecule has 3 rings (SSSR count). The van der Waals surface area contributed by atoms with Crippen molar-refractivity contribution >= 4 is 21.8 Å². The molecule has 2 aromatic rings. The summed E-state index contributed by atoms with van der Waals surface area (Å²) >= 11 is 0. The van der Waals surface area contributed by atoms with Crippen LogP contribution in [0.1, 0.15) is 37.0 Å². The van der Waals surface area contributed by atoms with Gasteiger partial charge in [0.15, 0.2) is 0 Å². The molecule has 0 unspecified atom stereocenters. The second-order valence-corrected chi connectivity index (χ2v) is 9.37. The highest BCUT2D eigenvalue weighted by Gasteiger charge is 2.33. The molecule has 1 atom stereocenters. The number of nitrogens with zero attached hydrogens (tertiary/aromatic N) is 1. The summed E-state index contributed by atoms with van der Waals surface area (Å²) < 4.78 is 46.3. The smallest absolute Gasteiger partial charge is 0.309 e. The third-order valence-electron chi connectivity index (χ3n) is 5.28. The maximum Gasteiger partial charge on any atom is 0.309 e. The van der Waals surface area contributed by atoms with Crippen molar-refractivity contribution in [2.24, 2.45) is 0 Å². The van der Waals surface area contributed by atoms with E-state index in [0.717, 1.165) is 18.9 Å². The monoisotopic (exact) mass is 451 g/mol. The zero-order valence-corrected chi connectivity index (χ0v) is 18.1. The Bertz CT molecular complexity index is 1020. The minimum Gasteiger partial charge on any atom is -0.467 e. The van der Waals surface area contributed by atoms with Crippen LogP contribution in [-0.2, 0) is 26.2 Å². The number of hydrogen-bond acceptors (Lipinski definition) is 5. The van der Waals surface area contributed by atoms with Crippen molar-refractivity contribution in [3.63, 3.8) is 0 Å². The molecule has 31 heavy (non-hydrogen) atoms. The van der Waals surface area contributed by atoms with Crippen molar-refractivity contribution in [3.05, 3.63) is 53.7 Å². The number of carbonyl (C=O) groups is 2. The minimum absolute atomic E-state index is 0.0552. The third kappa shape index (κ3) is 5.71. The standard InChI is InChI=1S/C21H26FN3O5S/c1-15-13-18(7-8-19(15)22)31(28,29)25-11-3-2-5-16(25)9-10-23-20(26)21(27)24-14-17-6-4-12-30-17/h4,6-8,12-13,16H,2-3,5,9-11,14H2,1H3,(H,23,26)(H,24,27)/t16-/m1/s1. The number of benzene rings is 1.